The van der Waals surface area contributed by atoms with Crippen molar-refractivity contribution < 1.29 is 17.7 Å². The molecule has 2 aliphatic carbocycles. The lowest BCUT2D eigenvalue weighted by Crippen LogP contribution is -2.04. The normalized spacial score (nSPS) is 22.6. The number of thiophene rings is 1. The van der Waals surface area contributed by atoms with E-state index in [0.29, 0.717) is 28.7 Å². The summed E-state index contributed by atoms with van der Waals surface area (Å²) >= 11 is 1.64. The maximum absolute atomic E-state index is 12.9. The fraction of sp³-hybridized carbons (Fsp3) is 0.400. The van der Waals surface area contributed by atoms with Crippen LogP contribution in [0, 0.1) is 18.3 Å². The molecule has 0 amide bonds. The zero-order valence-corrected chi connectivity index (χ0v) is 15.8. The van der Waals surface area contributed by atoms with Gasteiger partial charge in [0.1, 0.15) is 0 Å². The van der Waals surface area contributed by atoms with Gasteiger partial charge in [-0.05, 0) is 53.9 Å². The van der Waals surface area contributed by atoms with Crippen LogP contribution >= 0.6 is 11.3 Å². The van der Waals surface area contributed by atoms with Crippen LogP contribution in [-0.2, 0) is 12.6 Å². The third-order valence-corrected chi connectivity index (χ3v) is 7.24. The van der Waals surface area contributed by atoms with Crippen LogP contribution in [-0.4, -0.2) is 10.1 Å². The molecule has 0 radical (unpaired) electrons. The van der Waals surface area contributed by atoms with Crippen molar-refractivity contribution in [2.75, 3.05) is 0 Å². The molecule has 1 aromatic carbocycles. The van der Waals surface area contributed by atoms with Gasteiger partial charge in [0.25, 0.3) is 5.89 Å². The van der Waals surface area contributed by atoms with Gasteiger partial charge in [-0.3, -0.25) is 0 Å². The molecule has 3 aromatic rings. The van der Waals surface area contributed by atoms with Crippen LogP contribution in [0.4, 0.5) is 13.2 Å². The number of hydrogen-bond donors (Lipinski definition) is 0. The van der Waals surface area contributed by atoms with Gasteiger partial charge in [-0.2, -0.15) is 18.2 Å². The van der Waals surface area contributed by atoms with E-state index in [9.17, 15) is 13.2 Å². The summed E-state index contributed by atoms with van der Waals surface area (Å²) in [7, 11) is 0. The molecular weight excluding hydrogens is 373 g/mol. The summed E-state index contributed by atoms with van der Waals surface area (Å²) in [5.74, 6) is 1.85. The van der Waals surface area contributed by atoms with E-state index in [1.807, 2.05) is 0 Å². The smallest absolute Gasteiger partial charge is 0.333 e. The van der Waals surface area contributed by atoms with Gasteiger partial charge < -0.3 is 4.52 Å². The minimum absolute atomic E-state index is 0.180. The van der Waals surface area contributed by atoms with Crippen LogP contribution in [0.15, 0.2) is 28.8 Å². The number of rotatable bonds is 2. The fourth-order valence-electron chi connectivity index (χ4n) is 4.57. The number of fused-ring (bicyclic) bond motifs is 3. The number of nitrogens with zero attached hydrogens (tertiary/aromatic N) is 2. The summed E-state index contributed by atoms with van der Waals surface area (Å²) in [6.07, 6.45) is -3.39. The van der Waals surface area contributed by atoms with E-state index in [2.05, 4.69) is 30.9 Å². The van der Waals surface area contributed by atoms with Crippen LogP contribution < -0.4 is 0 Å². The van der Waals surface area contributed by atoms with E-state index >= 15 is 0 Å². The van der Waals surface area contributed by atoms with E-state index in [-0.39, 0.29) is 5.82 Å². The van der Waals surface area contributed by atoms with Gasteiger partial charge in [0.05, 0.1) is 10.4 Å². The lowest BCUT2D eigenvalue weighted by atomic mass is 9.95. The molecule has 7 heteroatoms. The van der Waals surface area contributed by atoms with Crippen LogP contribution in [0.2, 0.25) is 0 Å². The summed E-state index contributed by atoms with van der Waals surface area (Å²) in [5, 5.41) is 3.93. The Labute approximate surface area is 158 Å². The Morgan fingerprint density at radius 1 is 1.26 bits per heavy atom. The second-order valence-corrected chi connectivity index (χ2v) is 9.22. The van der Waals surface area contributed by atoms with Crippen molar-refractivity contribution in [3.63, 3.8) is 0 Å². The molecule has 2 heterocycles. The third-order valence-electron chi connectivity index (χ3n) is 6.09. The Morgan fingerprint density at radius 3 is 2.78 bits per heavy atom. The molecule has 2 aliphatic rings. The second-order valence-electron chi connectivity index (χ2n) is 7.99. The predicted octanol–water partition coefficient (Wildman–Crippen LogP) is 6.09. The number of aryl methyl sites for hydroxylation is 1. The highest BCUT2D eigenvalue weighted by molar-refractivity contribution is 7.15. The van der Waals surface area contributed by atoms with Crippen molar-refractivity contribution in [1.29, 1.82) is 0 Å². The first-order valence-corrected chi connectivity index (χ1v) is 9.63. The Bertz CT molecular complexity index is 1060. The van der Waals surface area contributed by atoms with Gasteiger partial charge in [0.2, 0.25) is 5.82 Å². The molecule has 0 N–H and O–H groups in total. The van der Waals surface area contributed by atoms with Crippen molar-refractivity contribution in [3.8, 4) is 22.2 Å². The van der Waals surface area contributed by atoms with Crippen molar-refractivity contribution in [2.24, 2.45) is 11.3 Å². The average molecular weight is 390 g/mol. The van der Waals surface area contributed by atoms with Crippen LogP contribution in [0.3, 0.4) is 0 Å². The van der Waals surface area contributed by atoms with Crippen molar-refractivity contribution in [3.05, 3.63) is 45.8 Å². The first-order chi connectivity index (χ1) is 12.7. The quantitative estimate of drug-likeness (QED) is 0.532. The van der Waals surface area contributed by atoms with Gasteiger partial charge >= 0.3 is 6.18 Å². The van der Waals surface area contributed by atoms with E-state index < -0.39 is 11.7 Å². The highest BCUT2D eigenvalue weighted by atomic mass is 32.1. The molecule has 2 atom stereocenters. The lowest BCUT2D eigenvalue weighted by molar-refractivity contribution is -0.137. The summed E-state index contributed by atoms with van der Waals surface area (Å²) in [4.78, 5) is 6.65. The number of benzene rings is 1. The molecule has 3 nitrogen and oxygen atoms in total. The Hall–Kier alpha value is -2.15. The standard InChI is InChI=1S/C20H17F3N2OS/c1-9-14-12(8-13-15(14)19(13,2)3)16(27-9)18-24-17(25-26-18)10-5-4-6-11(7-10)20(21,22)23/h4-7,13,15H,8H2,1-3H3/t13-,15-/m1/s1. The average Bonchev–Trinajstić information content (AvgIpc) is 3.11. The SMILES string of the molecule is Cc1sc(-c2nc(-c3cccc(C(F)(F)F)c3)no2)c2c1[C@H]1[C@@H](C2)C1(C)C. The van der Waals surface area contributed by atoms with Gasteiger partial charge in [0, 0.05) is 10.4 Å². The summed E-state index contributed by atoms with van der Waals surface area (Å²) in [5.41, 5.74) is 2.64. The zero-order valence-electron chi connectivity index (χ0n) is 15.0. The monoisotopic (exact) mass is 390 g/mol. The van der Waals surface area contributed by atoms with Gasteiger partial charge in [0.15, 0.2) is 0 Å². The minimum atomic E-state index is -4.40. The molecule has 0 spiro atoms. The maximum atomic E-state index is 12.9. The highest BCUT2D eigenvalue weighted by Gasteiger charge is 2.63. The molecule has 1 fully saturated rings. The first kappa shape index (κ1) is 17.0. The molecular formula is C20H17F3N2OS. The number of hydrogen-bond acceptors (Lipinski definition) is 4. The van der Waals surface area contributed by atoms with Crippen LogP contribution in [0.25, 0.3) is 22.2 Å². The van der Waals surface area contributed by atoms with Crippen LogP contribution in [0.5, 0.6) is 0 Å². The summed E-state index contributed by atoms with van der Waals surface area (Å²) in [6.45, 7) is 6.73. The minimum Gasteiger partial charge on any atom is -0.333 e. The van der Waals surface area contributed by atoms with E-state index in [0.717, 1.165) is 23.4 Å². The predicted molar refractivity (Wildman–Crippen MR) is 96.5 cm³/mol. The molecule has 0 bridgehead atoms. The first-order valence-electron chi connectivity index (χ1n) is 8.82. The summed E-state index contributed by atoms with van der Waals surface area (Å²) in [6, 6.07) is 5.01. The van der Waals surface area contributed by atoms with Gasteiger partial charge in [-0.25, -0.2) is 0 Å². The molecule has 2 aromatic heterocycles. The topological polar surface area (TPSA) is 38.9 Å². The van der Waals surface area contributed by atoms with Crippen molar-refractivity contribution >= 4 is 11.3 Å². The molecule has 0 saturated heterocycles. The number of halogens is 3. The van der Waals surface area contributed by atoms with Crippen LogP contribution in [0.1, 0.15) is 41.3 Å². The van der Waals surface area contributed by atoms with E-state index in [4.69, 9.17) is 4.52 Å². The lowest BCUT2D eigenvalue weighted by Gasteiger charge is -2.08. The van der Waals surface area contributed by atoms with Crippen molar-refractivity contribution in [1.82, 2.24) is 10.1 Å². The van der Waals surface area contributed by atoms with Crippen molar-refractivity contribution in [2.45, 2.75) is 39.3 Å². The fourth-order valence-corrected chi connectivity index (χ4v) is 5.73. The largest absolute Gasteiger partial charge is 0.416 e. The maximum Gasteiger partial charge on any atom is 0.416 e. The molecule has 140 valence electrons. The highest BCUT2D eigenvalue weighted by Crippen LogP contribution is 2.72. The Balaban J connectivity index is 1.52. The number of alkyl halides is 3. The third kappa shape index (κ3) is 2.40. The molecule has 0 aliphatic heterocycles. The molecule has 27 heavy (non-hydrogen) atoms. The van der Waals surface area contributed by atoms with Gasteiger partial charge in [-0.1, -0.05) is 31.1 Å². The number of aromatic nitrogens is 2. The van der Waals surface area contributed by atoms with E-state index in [1.54, 1.807) is 17.4 Å². The second kappa shape index (κ2) is 5.22. The zero-order chi connectivity index (χ0) is 19.1. The molecule has 1 saturated carbocycles. The van der Waals surface area contributed by atoms with Gasteiger partial charge in [-0.15, -0.1) is 11.3 Å². The Morgan fingerprint density at radius 2 is 2.04 bits per heavy atom. The molecule has 5 rings (SSSR count). The molecule has 0 unspecified atom stereocenters. The van der Waals surface area contributed by atoms with E-state index in [1.165, 1.54) is 22.1 Å². The summed E-state index contributed by atoms with van der Waals surface area (Å²) < 4.78 is 44.3. The Kier molecular flexibility index (Phi) is 3.28.